The van der Waals surface area contributed by atoms with E-state index in [0.29, 0.717) is 6.07 Å². The van der Waals surface area contributed by atoms with Gasteiger partial charge in [-0.15, -0.1) is 0 Å². The van der Waals surface area contributed by atoms with Crippen molar-refractivity contribution in [3.8, 4) is 0 Å². The van der Waals surface area contributed by atoms with Crippen molar-refractivity contribution in [2.24, 2.45) is 0 Å². The number of esters is 1. The maximum atomic E-state index is 13.1. The van der Waals surface area contributed by atoms with Crippen molar-refractivity contribution < 1.29 is 22.7 Å². The van der Waals surface area contributed by atoms with Gasteiger partial charge in [-0.05, 0) is 6.07 Å². The highest BCUT2D eigenvalue weighted by molar-refractivity contribution is 5.72. The molecule has 0 aliphatic carbocycles. The first-order valence-electron chi connectivity index (χ1n) is 4.22. The molecule has 0 aliphatic heterocycles. The van der Waals surface area contributed by atoms with E-state index in [2.05, 4.69) is 4.74 Å². The summed E-state index contributed by atoms with van der Waals surface area (Å²) in [5.41, 5.74) is -2.41. The number of carbonyl (C=O) groups is 1. The normalized spacial score (nSPS) is 10.6. The highest BCUT2D eigenvalue weighted by atomic mass is 19.3. The number of hydrogen-bond donors (Lipinski definition) is 1. The molecule has 1 rings (SSSR count). The summed E-state index contributed by atoms with van der Waals surface area (Å²) in [6.07, 6.45) is -3.54. The van der Waals surface area contributed by atoms with Gasteiger partial charge in [0, 0.05) is 5.56 Å². The van der Waals surface area contributed by atoms with Crippen LogP contribution < -0.4 is 5.56 Å². The van der Waals surface area contributed by atoms with E-state index in [0.717, 1.165) is 7.11 Å². The van der Waals surface area contributed by atoms with Gasteiger partial charge < -0.3 is 4.74 Å². The van der Waals surface area contributed by atoms with Crippen molar-refractivity contribution in [2.45, 2.75) is 12.8 Å². The van der Waals surface area contributed by atoms with Crippen LogP contribution >= 0.6 is 0 Å². The number of methoxy groups -OCH3 is 1. The summed E-state index contributed by atoms with van der Waals surface area (Å²) < 4.78 is 41.9. The van der Waals surface area contributed by atoms with E-state index >= 15 is 0 Å². The van der Waals surface area contributed by atoms with Crippen molar-refractivity contribution in [3.05, 3.63) is 33.5 Å². The van der Waals surface area contributed by atoms with E-state index in [4.69, 9.17) is 0 Å². The number of hydrogen-bond acceptors (Lipinski definition) is 3. The van der Waals surface area contributed by atoms with Crippen LogP contribution in [-0.2, 0) is 16.0 Å². The fraction of sp³-hybridized carbons (Fsp3) is 0.333. The molecule has 16 heavy (non-hydrogen) atoms. The predicted octanol–water partition coefficient (Wildman–Crippen LogP) is 1.17. The van der Waals surface area contributed by atoms with Crippen molar-refractivity contribution >= 4 is 5.97 Å². The second-order valence-corrected chi connectivity index (χ2v) is 2.95. The van der Waals surface area contributed by atoms with Gasteiger partial charge >= 0.3 is 5.97 Å². The topological polar surface area (TPSA) is 59.2 Å². The van der Waals surface area contributed by atoms with E-state index in [-0.39, 0.29) is 5.56 Å². The number of pyridine rings is 1. The van der Waals surface area contributed by atoms with Gasteiger partial charge in [0.2, 0.25) is 0 Å². The molecule has 0 spiro atoms. The van der Waals surface area contributed by atoms with Gasteiger partial charge in [-0.2, -0.15) is 4.39 Å². The molecule has 1 N–H and O–H groups in total. The van der Waals surface area contributed by atoms with E-state index in [9.17, 15) is 22.8 Å². The summed E-state index contributed by atoms with van der Waals surface area (Å²) in [6.45, 7) is 0. The Kier molecular flexibility index (Phi) is 3.70. The van der Waals surface area contributed by atoms with Gasteiger partial charge in [0.25, 0.3) is 12.0 Å². The Bertz CT molecular complexity index is 456. The molecule has 0 bridgehead atoms. The van der Waals surface area contributed by atoms with Crippen LogP contribution in [-0.4, -0.2) is 18.1 Å². The largest absolute Gasteiger partial charge is 0.469 e. The van der Waals surface area contributed by atoms with Gasteiger partial charge in [0.15, 0.2) is 5.95 Å². The quantitative estimate of drug-likeness (QED) is 0.631. The summed E-state index contributed by atoms with van der Waals surface area (Å²) in [6, 6.07) is 0.662. The van der Waals surface area contributed by atoms with E-state index in [1.165, 1.54) is 0 Å². The number of halogens is 3. The lowest BCUT2D eigenvalue weighted by atomic mass is 10.1. The Morgan fingerprint density at radius 1 is 1.56 bits per heavy atom. The Labute approximate surface area is 88.0 Å². The van der Waals surface area contributed by atoms with Crippen LogP contribution in [0.15, 0.2) is 10.9 Å². The average molecular weight is 235 g/mol. The molecule has 0 aromatic carbocycles. The minimum atomic E-state index is -3.03. The zero-order valence-electron chi connectivity index (χ0n) is 8.22. The third-order valence-electron chi connectivity index (χ3n) is 1.89. The molecule has 0 atom stereocenters. The van der Waals surface area contributed by atoms with Crippen LogP contribution in [0.4, 0.5) is 13.2 Å². The van der Waals surface area contributed by atoms with Crippen LogP contribution in [0.2, 0.25) is 0 Å². The molecule has 7 heteroatoms. The molecule has 0 saturated heterocycles. The summed E-state index contributed by atoms with van der Waals surface area (Å²) in [5.74, 6) is -1.90. The molecule has 4 nitrogen and oxygen atoms in total. The Hall–Kier alpha value is -1.79. The third kappa shape index (κ3) is 2.62. The number of alkyl halides is 2. The molecule has 0 amide bonds. The highest BCUT2D eigenvalue weighted by Crippen LogP contribution is 2.16. The fourth-order valence-corrected chi connectivity index (χ4v) is 1.09. The molecule has 0 aliphatic rings. The first-order valence-corrected chi connectivity index (χ1v) is 4.22. The number of ether oxygens (including phenoxy) is 1. The maximum absolute atomic E-state index is 13.1. The molecular weight excluding hydrogens is 227 g/mol. The van der Waals surface area contributed by atoms with Crippen molar-refractivity contribution in [3.63, 3.8) is 0 Å². The Morgan fingerprint density at radius 3 is 2.69 bits per heavy atom. The van der Waals surface area contributed by atoms with Gasteiger partial charge in [0.1, 0.15) is 0 Å². The molecule has 1 heterocycles. The van der Waals surface area contributed by atoms with E-state index in [1.807, 2.05) is 0 Å². The molecule has 1 aromatic heterocycles. The molecule has 0 unspecified atom stereocenters. The molecule has 0 radical (unpaired) electrons. The molecule has 0 fully saturated rings. The smallest absolute Gasteiger partial charge is 0.310 e. The first kappa shape index (κ1) is 12.3. The SMILES string of the molecule is COC(=O)Cc1cc(C(F)F)c(=O)[nH]c1F. The number of aromatic nitrogens is 1. The maximum Gasteiger partial charge on any atom is 0.310 e. The number of H-pyrrole nitrogens is 1. The fourth-order valence-electron chi connectivity index (χ4n) is 1.09. The van der Waals surface area contributed by atoms with Gasteiger partial charge in [0.05, 0.1) is 19.1 Å². The second-order valence-electron chi connectivity index (χ2n) is 2.95. The highest BCUT2D eigenvalue weighted by Gasteiger charge is 2.17. The predicted molar refractivity (Wildman–Crippen MR) is 47.7 cm³/mol. The van der Waals surface area contributed by atoms with Crippen LogP contribution in [0.1, 0.15) is 17.6 Å². The zero-order chi connectivity index (χ0) is 12.3. The van der Waals surface area contributed by atoms with Crippen molar-refractivity contribution in [1.82, 2.24) is 4.98 Å². The minimum Gasteiger partial charge on any atom is -0.469 e. The lowest BCUT2D eigenvalue weighted by Gasteiger charge is -2.04. The third-order valence-corrected chi connectivity index (χ3v) is 1.89. The van der Waals surface area contributed by atoms with Gasteiger partial charge in [-0.3, -0.25) is 14.6 Å². The average Bonchev–Trinajstić information content (AvgIpc) is 2.21. The Morgan fingerprint density at radius 2 is 2.19 bits per heavy atom. The number of aromatic amines is 1. The zero-order valence-corrected chi connectivity index (χ0v) is 8.22. The van der Waals surface area contributed by atoms with E-state index < -0.39 is 35.9 Å². The first-order chi connectivity index (χ1) is 7.45. The molecule has 1 aromatic rings. The Balaban J connectivity index is 3.15. The standard InChI is InChI=1S/C9H8F3NO3/c1-16-6(14)3-4-2-5(7(10)11)9(15)13-8(4)12/h2,7H,3H2,1H3,(H,13,15). The summed E-state index contributed by atoms with van der Waals surface area (Å²) in [7, 11) is 1.08. The lowest BCUT2D eigenvalue weighted by molar-refractivity contribution is -0.139. The summed E-state index contributed by atoms with van der Waals surface area (Å²) in [4.78, 5) is 23.3. The summed E-state index contributed by atoms with van der Waals surface area (Å²) in [5, 5.41) is 0. The number of rotatable bonds is 3. The summed E-state index contributed by atoms with van der Waals surface area (Å²) >= 11 is 0. The number of carbonyl (C=O) groups excluding carboxylic acids is 1. The number of nitrogens with one attached hydrogen (secondary N) is 1. The monoisotopic (exact) mass is 235 g/mol. The molecule has 0 saturated carbocycles. The van der Waals surface area contributed by atoms with Gasteiger partial charge in [-0.25, -0.2) is 8.78 Å². The van der Waals surface area contributed by atoms with Crippen LogP contribution in [0, 0.1) is 5.95 Å². The lowest BCUT2D eigenvalue weighted by Crippen LogP contribution is -2.18. The minimum absolute atomic E-state index is 0.332. The van der Waals surface area contributed by atoms with E-state index in [1.54, 1.807) is 4.98 Å². The van der Waals surface area contributed by atoms with Crippen LogP contribution in [0.3, 0.4) is 0 Å². The van der Waals surface area contributed by atoms with Crippen molar-refractivity contribution in [1.29, 1.82) is 0 Å². The second kappa shape index (κ2) is 4.82. The van der Waals surface area contributed by atoms with Gasteiger partial charge in [-0.1, -0.05) is 0 Å². The van der Waals surface area contributed by atoms with Crippen LogP contribution in [0.25, 0.3) is 0 Å². The molecular formula is C9H8F3NO3. The van der Waals surface area contributed by atoms with Crippen molar-refractivity contribution in [2.75, 3.05) is 7.11 Å². The molecule has 88 valence electrons. The van der Waals surface area contributed by atoms with Crippen LogP contribution in [0.5, 0.6) is 0 Å².